The Hall–Kier alpha value is -1.26. The van der Waals surface area contributed by atoms with E-state index in [0.717, 1.165) is 38.2 Å². The number of nitrogens with zero attached hydrogens (tertiary/aromatic N) is 2. The highest BCUT2D eigenvalue weighted by Gasteiger charge is 2.13. The minimum Gasteiger partial charge on any atom is -0.356 e. The van der Waals surface area contributed by atoms with E-state index in [9.17, 15) is 4.79 Å². The van der Waals surface area contributed by atoms with Gasteiger partial charge in [-0.3, -0.25) is 4.79 Å². The summed E-state index contributed by atoms with van der Waals surface area (Å²) < 4.78 is 0. The van der Waals surface area contributed by atoms with E-state index >= 15 is 0 Å². The van der Waals surface area contributed by atoms with Gasteiger partial charge in [-0.15, -0.1) is 0 Å². The molecule has 0 spiro atoms. The van der Waals surface area contributed by atoms with Crippen molar-refractivity contribution in [1.29, 1.82) is 0 Å². The van der Waals surface area contributed by atoms with Gasteiger partial charge in [0.1, 0.15) is 6.54 Å². The van der Waals surface area contributed by atoms with Crippen molar-refractivity contribution in [3.63, 3.8) is 0 Å². The Balaban J connectivity index is 4.50. The molecule has 0 aromatic heterocycles. The third-order valence-electron chi connectivity index (χ3n) is 3.40. The average Bonchev–Trinajstić information content (AvgIpc) is 2.41. The second-order valence-corrected chi connectivity index (χ2v) is 7.38. The van der Waals surface area contributed by atoms with E-state index in [4.69, 9.17) is 0 Å². The molecule has 1 unspecified atom stereocenters. The van der Waals surface area contributed by atoms with E-state index < -0.39 is 0 Å². The molecule has 0 bridgehead atoms. The molecule has 0 aromatic rings. The Morgan fingerprint density at radius 3 is 2.41 bits per heavy atom. The van der Waals surface area contributed by atoms with Gasteiger partial charge in [-0.05, 0) is 31.6 Å². The lowest BCUT2D eigenvalue weighted by atomic mass is 9.89. The zero-order valence-corrected chi connectivity index (χ0v) is 15.6. The van der Waals surface area contributed by atoms with Crippen LogP contribution in [0.5, 0.6) is 0 Å². The number of nitrogens with one attached hydrogen (secondary N) is 2. The topological polar surface area (TPSA) is 56.7 Å². The Bertz CT molecular complexity index is 345. The van der Waals surface area contributed by atoms with Crippen molar-refractivity contribution in [1.82, 2.24) is 15.5 Å². The second kappa shape index (κ2) is 10.5. The highest BCUT2D eigenvalue weighted by Crippen LogP contribution is 2.21. The number of amides is 1. The smallest absolute Gasteiger partial charge is 0.243 e. The van der Waals surface area contributed by atoms with E-state index in [1.54, 1.807) is 19.0 Å². The second-order valence-electron chi connectivity index (χ2n) is 7.38. The third-order valence-corrected chi connectivity index (χ3v) is 3.40. The van der Waals surface area contributed by atoms with Crippen LogP contribution in [0.3, 0.4) is 0 Å². The van der Waals surface area contributed by atoms with Gasteiger partial charge in [0.25, 0.3) is 0 Å². The van der Waals surface area contributed by atoms with Crippen molar-refractivity contribution in [3.05, 3.63) is 0 Å². The molecule has 5 heteroatoms. The first-order valence-electron chi connectivity index (χ1n) is 8.40. The quantitative estimate of drug-likeness (QED) is 0.411. The standard InChI is InChI=1S/C17H36N4O/c1-8-9-12-18-16(19-13-15(22)21(6)7)20-14(2)10-11-17(3,4)5/h14H,8-13H2,1-7H3,(H2,18,19,20). The summed E-state index contributed by atoms with van der Waals surface area (Å²) in [6.45, 7) is 12.1. The van der Waals surface area contributed by atoms with Crippen LogP contribution in [0.4, 0.5) is 0 Å². The molecule has 0 heterocycles. The van der Waals surface area contributed by atoms with E-state index in [-0.39, 0.29) is 12.5 Å². The van der Waals surface area contributed by atoms with Gasteiger partial charge in [0, 0.05) is 26.7 Å². The molecule has 0 saturated carbocycles. The normalized spacial score (nSPS) is 13.7. The van der Waals surface area contributed by atoms with Gasteiger partial charge in [-0.1, -0.05) is 34.1 Å². The zero-order chi connectivity index (χ0) is 17.2. The maximum Gasteiger partial charge on any atom is 0.243 e. The van der Waals surface area contributed by atoms with Gasteiger partial charge in [-0.25, -0.2) is 4.99 Å². The zero-order valence-electron chi connectivity index (χ0n) is 15.6. The number of unbranched alkanes of at least 4 members (excludes halogenated alkanes) is 1. The van der Waals surface area contributed by atoms with Crippen molar-refractivity contribution in [2.75, 3.05) is 27.2 Å². The van der Waals surface area contributed by atoms with Gasteiger partial charge in [0.15, 0.2) is 5.96 Å². The number of rotatable bonds is 8. The highest BCUT2D eigenvalue weighted by molar-refractivity contribution is 5.84. The third kappa shape index (κ3) is 11.4. The predicted molar refractivity (Wildman–Crippen MR) is 95.2 cm³/mol. The average molecular weight is 313 g/mol. The van der Waals surface area contributed by atoms with E-state index in [1.165, 1.54) is 0 Å². The van der Waals surface area contributed by atoms with Crippen LogP contribution in [0.15, 0.2) is 4.99 Å². The number of guanidine groups is 1. The molecule has 1 amide bonds. The maximum absolute atomic E-state index is 11.7. The summed E-state index contributed by atoms with van der Waals surface area (Å²) in [5, 5.41) is 6.72. The fourth-order valence-corrected chi connectivity index (χ4v) is 1.78. The molecule has 0 radical (unpaired) electrons. The fraction of sp³-hybridized carbons (Fsp3) is 0.882. The first kappa shape index (κ1) is 20.7. The lowest BCUT2D eigenvalue weighted by Gasteiger charge is -2.23. The molecule has 0 saturated heterocycles. The van der Waals surface area contributed by atoms with Crippen LogP contribution in [0.2, 0.25) is 0 Å². The van der Waals surface area contributed by atoms with Gasteiger partial charge in [-0.2, -0.15) is 0 Å². The molecule has 130 valence electrons. The van der Waals surface area contributed by atoms with Crippen LogP contribution in [0, 0.1) is 5.41 Å². The molecular weight excluding hydrogens is 276 g/mol. The molecule has 22 heavy (non-hydrogen) atoms. The van der Waals surface area contributed by atoms with Gasteiger partial charge >= 0.3 is 0 Å². The Labute approximate surface area is 136 Å². The van der Waals surface area contributed by atoms with Gasteiger partial charge in [0.2, 0.25) is 5.91 Å². The number of hydrogen-bond donors (Lipinski definition) is 2. The van der Waals surface area contributed by atoms with E-state index in [0.29, 0.717) is 11.5 Å². The van der Waals surface area contributed by atoms with Crippen LogP contribution >= 0.6 is 0 Å². The summed E-state index contributed by atoms with van der Waals surface area (Å²) in [5.74, 6) is 0.754. The minimum absolute atomic E-state index is 0.0129. The molecule has 0 aliphatic carbocycles. The molecule has 0 aliphatic heterocycles. The minimum atomic E-state index is 0.0129. The SMILES string of the molecule is CCCCNC(=NCC(=O)N(C)C)NC(C)CCC(C)(C)C. The Morgan fingerprint density at radius 1 is 1.27 bits per heavy atom. The summed E-state index contributed by atoms with van der Waals surface area (Å²) in [7, 11) is 3.50. The van der Waals surface area contributed by atoms with Gasteiger partial charge < -0.3 is 15.5 Å². The van der Waals surface area contributed by atoms with Crippen LogP contribution in [-0.2, 0) is 4.79 Å². The van der Waals surface area contributed by atoms with Crippen LogP contribution in [0.1, 0.15) is 60.3 Å². The van der Waals surface area contributed by atoms with Crippen molar-refractivity contribution in [3.8, 4) is 0 Å². The highest BCUT2D eigenvalue weighted by atomic mass is 16.2. The summed E-state index contributed by atoms with van der Waals surface area (Å²) in [6, 6.07) is 0.335. The number of carbonyl (C=O) groups excluding carboxylic acids is 1. The molecule has 0 fully saturated rings. The van der Waals surface area contributed by atoms with Crippen molar-refractivity contribution >= 4 is 11.9 Å². The number of carbonyl (C=O) groups is 1. The lowest BCUT2D eigenvalue weighted by Crippen LogP contribution is -2.43. The van der Waals surface area contributed by atoms with Crippen LogP contribution in [0.25, 0.3) is 0 Å². The van der Waals surface area contributed by atoms with Crippen molar-refractivity contribution in [2.45, 2.75) is 66.3 Å². The maximum atomic E-state index is 11.7. The van der Waals surface area contributed by atoms with Gasteiger partial charge in [0.05, 0.1) is 0 Å². The number of hydrogen-bond acceptors (Lipinski definition) is 2. The predicted octanol–water partition coefficient (Wildman–Crippen LogP) is 2.62. The number of likely N-dealkylation sites (N-methyl/N-ethyl adjacent to an activating group) is 1. The van der Waals surface area contributed by atoms with E-state index in [2.05, 4.69) is 50.2 Å². The Kier molecular flexibility index (Phi) is 9.86. The van der Waals surface area contributed by atoms with Crippen LogP contribution < -0.4 is 10.6 Å². The molecule has 0 aliphatic rings. The molecule has 2 N–H and O–H groups in total. The fourth-order valence-electron chi connectivity index (χ4n) is 1.78. The van der Waals surface area contributed by atoms with Crippen LogP contribution in [-0.4, -0.2) is 50.0 Å². The molecular formula is C17H36N4O. The van der Waals surface area contributed by atoms with Crippen molar-refractivity contribution in [2.24, 2.45) is 10.4 Å². The first-order chi connectivity index (χ1) is 10.2. The molecule has 5 nitrogen and oxygen atoms in total. The summed E-state index contributed by atoms with van der Waals surface area (Å²) in [4.78, 5) is 17.7. The first-order valence-corrected chi connectivity index (χ1v) is 8.40. The summed E-state index contributed by atoms with van der Waals surface area (Å²) in [6.07, 6.45) is 4.47. The van der Waals surface area contributed by atoms with Crippen molar-refractivity contribution < 1.29 is 4.79 Å². The number of aliphatic imine (C=N–C) groups is 1. The largest absolute Gasteiger partial charge is 0.356 e. The molecule has 1 atom stereocenters. The Morgan fingerprint density at radius 2 is 1.91 bits per heavy atom. The summed E-state index contributed by atoms with van der Waals surface area (Å²) >= 11 is 0. The monoisotopic (exact) mass is 312 g/mol. The summed E-state index contributed by atoms with van der Waals surface area (Å²) in [5.41, 5.74) is 0.337. The molecule has 0 aromatic carbocycles. The van der Waals surface area contributed by atoms with E-state index in [1.807, 2.05) is 0 Å². The molecule has 0 rings (SSSR count). The lowest BCUT2D eigenvalue weighted by molar-refractivity contribution is -0.127.